The number of fused-ring (bicyclic) bond motifs is 1. The van der Waals surface area contributed by atoms with Gasteiger partial charge in [0, 0.05) is 0 Å². The zero-order valence-corrected chi connectivity index (χ0v) is 16.9. The van der Waals surface area contributed by atoms with Crippen LogP contribution in [0.25, 0.3) is 11.0 Å². The number of para-hydroxylation sites is 3. The molecule has 146 valence electrons. The summed E-state index contributed by atoms with van der Waals surface area (Å²) in [6.45, 7) is 0.522. The SMILES string of the molecule is N=c1n(CC(=O)Nc2c(Cl)cccc2Cl)c2ccccc2n1Cc1ccccc1. The van der Waals surface area contributed by atoms with Crippen molar-refractivity contribution in [2.24, 2.45) is 0 Å². The van der Waals surface area contributed by atoms with Gasteiger partial charge in [-0.3, -0.25) is 10.2 Å². The zero-order chi connectivity index (χ0) is 20.4. The van der Waals surface area contributed by atoms with Crippen molar-refractivity contribution in [2.75, 3.05) is 5.32 Å². The summed E-state index contributed by atoms with van der Waals surface area (Å²) in [6.07, 6.45) is 0. The summed E-state index contributed by atoms with van der Waals surface area (Å²) in [5.41, 5.74) is 3.41. The Morgan fingerprint density at radius 2 is 1.41 bits per heavy atom. The van der Waals surface area contributed by atoms with Crippen LogP contribution < -0.4 is 10.9 Å². The van der Waals surface area contributed by atoms with Gasteiger partial charge in [-0.1, -0.05) is 71.7 Å². The number of anilines is 1. The largest absolute Gasteiger partial charge is 0.322 e. The normalized spacial score (nSPS) is 11.0. The lowest BCUT2D eigenvalue weighted by Gasteiger charge is -2.10. The third-order valence-corrected chi connectivity index (χ3v) is 5.32. The Hall–Kier alpha value is -3.02. The highest BCUT2D eigenvalue weighted by Crippen LogP contribution is 2.29. The monoisotopic (exact) mass is 424 g/mol. The lowest BCUT2D eigenvalue weighted by Crippen LogP contribution is -2.30. The number of benzene rings is 3. The number of rotatable bonds is 5. The minimum absolute atomic E-state index is 0.0251. The number of amides is 1. The average Bonchev–Trinajstić information content (AvgIpc) is 2.98. The van der Waals surface area contributed by atoms with E-state index in [4.69, 9.17) is 28.6 Å². The van der Waals surface area contributed by atoms with Crippen molar-refractivity contribution >= 4 is 45.8 Å². The number of nitrogens with zero attached hydrogens (tertiary/aromatic N) is 2. The Balaban J connectivity index is 1.68. The van der Waals surface area contributed by atoms with Crippen LogP contribution in [0.1, 0.15) is 5.56 Å². The maximum absolute atomic E-state index is 12.7. The van der Waals surface area contributed by atoms with Crippen LogP contribution in [-0.4, -0.2) is 15.0 Å². The van der Waals surface area contributed by atoms with Gasteiger partial charge in [-0.25, -0.2) is 0 Å². The third-order valence-electron chi connectivity index (χ3n) is 4.69. The molecule has 3 aromatic carbocycles. The highest BCUT2D eigenvalue weighted by atomic mass is 35.5. The fourth-order valence-corrected chi connectivity index (χ4v) is 3.81. The number of imidazole rings is 1. The third kappa shape index (κ3) is 3.92. The van der Waals surface area contributed by atoms with Gasteiger partial charge in [0.15, 0.2) is 0 Å². The van der Waals surface area contributed by atoms with E-state index in [0.717, 1.165) is 16.6 Å². The second-order valence-corrected chi connectivity index (χ2v) is 7.43. The van der Waals surface area contributed by atoms with Gasteiger partial charge < -0.3 is 14.5 Å². The Kier molecular flexibility index (Phi) is 5.43. The van der Waals surface area contributed by atoms with E-state index in [1.165, 1.54) is 0 Å². The van der Waals surface area contributed by atoms with Crippen molar-refractivity contribution in [1.29, 1.82) is 5.41 Å². The number of hydrogen-bond donors (Lipinski definition) is 2. The summed E-state index contributed by atoms with van der Waals surface area (Å²) < 4.78 is 3.57. The minimum Gasteiger partial charge on any atom is -0.322 e. The topological polar surface area (TPSA) is 62.8 Å². The highest BCUT2D eigenvalue weighted by molar-refractivity contribution is 6.39. The van der Waals surface area contributed by atoms with E-state index >= 15 is 0 Å². The first-order chi connectivity index (χ1) is 14.0. The summed E-state index contributed by atoms with van der Waals surface area (Å²) >= 11 is 12.3. The van der Waals surface area contributed by atoms with Gasteiger partial charge in [-0.15, -0.1) is 0 Å². The molecule has 0 radical (unpaired) electrons. The van der Waals surface area contributed by atoms with E-state index in [2.05, 4.69) is 5.32 Å². The second-order valence-electron chi connectivity index (χ2n) is 6.62. The van der Waals surface area contributed by atoms with Gasteiger partial charge >= 0.3 is 0 Å². The van der Waals surface area contributed by atoms with Crippen LogP contribution in [0.5, 0.6) is 0 Å². The smallest absolute Gasteiger partial charge is 0.244 e. The van der Waals surface area contributed by atoms with Gasteiger partial charge in [0.1, 0.15) is 6.54 Å². The molecule has 0 atom stereocenters. The molecule has 0 fully saturated rings. The van der Waals surface area contributed by atoms with E-state index < -0.39 is 0 Å². The van der Waals surface area contributed by atoms with Gasteiger partial charge in [0.2, 0.25) is 11.5 Å². The molecular formula is C22H18Cl2N4O. The molecular weight excluding hydrogens is 407 g/mol. The molecule has 1 aromatic heterocycles. The van der Waals surface area contributed by atoms with Crippen LogP contribution in [0.15, 0.2) is 72.8 Å². The van der Waals surface area contributed by atoms with Crippen molar-refractivity contribution in [3.8, 4) is 0 Å². The fourth-order valence-electron chi connectivity index (χ4n) is 3.32. The summed E-state index contributed by atoms with van der Waals surface area (Å²) in [5, 5.41) is 12.2. The molecule has 2 N–H and O–H groups in total. The predicted molar refractivity (Wildman–Crippen MR) is 116 cm³/mol. The van der Waals surface area contributed by atoms with Crippen molar-refractivity contribution < 1.29 is 4.79 Å². The molecule has 4 aromatic rings. The van der Waals surface area contributed by atoms with Crippen molar-refractivity contribution in [2.45, 2.75) is 13.1 Å². The lowest BCUT2D eigenvalue weighted by molar-refractivity contribution is -0.116. The quantitative estimate of drug-likeness (QED) is 0.469. The number of nitrogens with one attached hydrogen (secondary N) is 2. The molecule has 1 heterocycles. The maximum atomic E-state index is 12.7. The van der Waals surface area contributed by atoms with Crippen LogP contribution in [0, 0.1) is 5.41 Å². The van der Waals surface area contributed by atoms with Crippen LogP contribution in [0.3, 0.4) is 0 Å². The second kappa shape index (κ2) is 8.15. The molecule has 0 aliphatic heterocycles. The molecule has 4 rings (SSSR count). The van der Waals surface area contributed by atoms with E-state index in [-0.39, 0.29) is 18.1 Å². The van der Waals surface area contributed by atoms with Crippen LogP contribution in [0.4, 0.5) is 5.69 Å². The summed E-state index contributed by atoms with van der Waals surface area (Å²) in [7, 11) is 0. The molecule has 0 saturated heterocycles. The van der Waals surface area contributed by atoms with Crippen LogP contribution in [-0.2, 0) is 17.9 Å². The molecule has 1 amide bonds. The van der Waals surface area contributed by atoms with E-state index in [9.17, 15) is 4.79 Å². The molecule has 7 heteroatoms. The fraction of sp³-hybridized carbons (Fsp3) is 0.0909. The van der Waals surface area contributed by atoms with Gasteiger partial charge in [0.05, 0.1) is 33.3 Å². The molecule has 29 heavy (non-hydrogen) atoms. The molecule has 0 saturated carbocycles. The Morgan fingerprint density at radius 3 is 2.07 bits per heavy atom. The summed E-state index contributed by atoms with van der Waals surface area (Å²) in [6, 6.07) is 22.7. The predicted octanol–water partition coefficient (Wildman–Crippen LogP) is 4.92. The van der Waals surface area contributed by atoms with E-state index in [1.54, 1.807) is 22.8 Å². The first kappa shape index (κ1) is 19.3. The first-order valence-electron chi connectivity index (χ1n) is 9.05. The molecule has 0 spiro atoms. The van der Waals surface area contributed by atoms with Crippen molar-refractivity contribution in [1.82, 2.24) is 9.13 Å². The molecule has 0 aliphatic rings. The zero-order valence-electron chi connectivity index (χ0n) is 15.4. The first-order valence-corrected chi connectivity index (χ1v) is 9.80. The Labute approximate surface area is 177 Å². The van der Waals surface area contributed by atoms with Crippen LogP contribution >= 0.6 is 23.2 Å². The molecule has 0 aliphatic carbocycles. The highest BCUT2D eigenvalue weighted by Gasteiger charge is 2.15. The molecule has 0 unspecified atom stereocenters. The summed E-state index contributed by atoms with van der Waals surface area (Å²) in [4.78, 5) is 12.7. The number of hydrogen-bond acceptors (Lipinski definition) is 2. The lowest BCUT2D eigenvalue weighted by atomic mass is 10.2. The van der Waals surface area contributed by atoms with E-state index in [0.29, 0.717) is 22.3 Å². The van der Waals surface area contributed by atoms with Gasteiger partial charge in [-0.2, -0.15) is 0 Å². The molecule has 0 bridgehead atoms. The van der Waals surface area contributed by atoms with Crippen molar-refractivity contribution in [3.05, 3.63) is 94.0 Å². The van der Waals surface area contributed by atoms with Gasteiger partial charge in [-0.05, 0) is 29.8 Å². The number of aromatic nitrogens is 2. The van der Waals surface area contributed by atoms with Crippen LogP contribution in [0.2, 0.25) is 10.0 Å². The van der Waals surface area contributed by atoms with E-state index in [1.807, 2.05) is 59.2 Å². The maximum Gasteiger partial charge on any atom is 0.244 e. The number of carbonyl (C=O) groups excluding carboxylic acids is 1. The Morgan fingerprint density at radius 1 is 0.828 bits per heavy atom. The average molecular weight is 425 g/mol. The number of carbonyl (C=O) groups is 1. The molecule has 5 nitrogen and oxygen atoms in total. The minimum atomic E-state index is -0.305. The van der Waals surface area contributed by atoms with Crippen molar-refractivity contribution in [3.63, 3.8) is 0 Å². The standard InChI is InChI=1S/C22H18Cl2N4O/c23-16-9-6-10-17(24)21(16)26-20(29)14-28-19-12-5-4-11-18(19)27(22(28)25)13-15-7-2-1-3-8-15/h1-12,25H,13-14H2,(H,26,29). The number of halogens is 2. The Bertz CT molecular complexity index is 1220. The summed E-state index contributed by atoms with van der Waals surface area (Å²) in [5.74, 6) is -0.305. The van der Waals surface area contributed by atoms with Gasteiger partial charge in [0.25, 0.3) is 0 Å².